The second-order valence-corrected chi connectivity index (χ2v) is 5.28. The highest BCUT2D eigenvalue weighted by Crippen LogP contribution is 2.18. The second-order valence-electron chi connectivity index (χ2n) is 5.28. The van der Waals surface area contributed by atoms with E-state index in [1.165, 1.54) is 6.33 Å². The number of carbonyl (C=O) groups is 1. The Hall–Kier alpha value is -2.67. The Morgan fingerprint density at radius 3 is 2.57 bits per heavy atom. The van der Waals surface area contributed by atoms with Crippen molar-refractivity contribution in [3.8, 4) is 5.75 Å². The summed E-state index contributed by atoms with van der Waals surface area (Å²) in [6.45, 7) is 0.670. The van der Waals surface area contributed by atoms with E-state index < -0.39 is 0 Å². The maximum Gasteiger partial charge on any atom is 0.320 e. The number of nitrogens with zero attached hydrogens (tertiary/aromatic N) is 3. The summed E-state index contributed by atoms with van der Waals surface area (Å²) in [6, 6.07) is 8.80. The minimum atomic E-state index is -0.314. The summed E-state index contributed by atoms with van der Waals surface area (Å²) in [7, 11) is 5.54. The van der Waals surface area contributed by atoms with Crippen LogP contribution in [-0.4, -0.2) is 48.6 Å². The maximum absolute atomic E-state index is 12.2. The summed E-state index contributed by atoms with van der Waals surface area (Å²) < 4.78 is 5.17. The summed E-state index contributed by atoms with van der Waals surface area (Å²) in [5.41, 5.74) is 0.998. The molecule has 0 aliphatic carbocycles. The Labute approximate surface area is 135 Å². The van der Waals surface area contributed by atoms with Crippen molar-refractivity contribution in [1.82, 2.24) is 20.2 Å². The summed E-state index contributed by atoms with van der Waals surface area (Å²) in [5, 5.41) is 5.65. The zero-order valence-corrected chi connectivity index (χ0v) is 13.5. The van der Waals surface area contributed by atoms with Crippen LogP contribution in [0.2, 0.25) is 0 Å². The average Bonchev–Trinajstić information content (AvgIpc) is 2.55. The zero-order chi connectivity index (χ0) is 16.7. The van der Waals surface area contributed by atoms with E-state index in [-0.39, 0.29) is 12.1 Å². The van der Waals surface area contributed by atoms with E-state index in [1.54, 1.807) is 19.4 Å². The Morgan fingerprint density at radius 2 is 2.00 bits per heavy atom. The van der Waals surface area contributed by atoms with Gasteiger partial charge in [-0.05, 0) is 37.9 Å². The third kappa shape index (κ3) is 5.23. The molecule has 0 saturated heterocycles. The molecular weight excluding hydrogens is 294 g/mol. The number of urea groups is 1. The van der Waals surface area contributed by atoms with Crippen molar-refractivity contribution in [3.05, 3.63) is 48.4 Å². The lowest BCUT2D eigenvalue weighted by Gasteiger charge is -2.23. The molecule has 2 N–H and O–H groups in total. The first-order chi connectivity index (χ1) is 11.1. The van der Waals surface area contributed by atoms with Crippen molar-refractivity contribution < 1.29 is 9.53 Å². The largest absolute Gasteiger partial charge is 0.497 e. The zero-order valence-electron chi connectivity index (χ0n) is 13.5. The highest BCUT2D eigenvalue weighted by molar-refractivity contribution is 5.88. The van der Waals surface area contributed by atoms with Crippen LogP contribution in [0.1, 0.15) is 11.6 Å². The topological polar surface area (TPSA) is 79.4 Å². The molecular formula is C16H21N5O2. The molecule has 0 fully saturated rings. The number of likely N-dealkylation sites (N-methyl/N-ethyl adjacent to an activating group) is 1. The fourth-order valence-electron chi connectivity index (χ4n) is 2.11. The number of nitrogens with one attached hydrogen (secondary N) is 2. The predicted octanol–water partition coefficient (Wildman–Crippen LogP) is 1.91. The third-order valence-corrected chi connectivity index (χ3v) is 3.19. The van der Waals surface area contributed by atoms with Gasteiger partial charge >= 0.3 is 6.03 Å². The molecule has 1 aromatic heterocycles. The van der Waals surface area contributed by atoms with Crippen molar-refractivity contribution in [2.75, 3.05) is 33.1 Å². The van der Waals surface area contributed by atoms with Crippen LogP contribution in [0.15, 0.2) is 42.9 Å². The first-order valence-corrected chi connectivity index (χ1v) is 7.20. The van der Waals surface area contributed by atoms with Crippen LogP contribution in [0.3, 0.4) is 0 Å². The molecule has 0 saturated carbocycles. The Morgan fingerprint density at radius 1 is 1.26 bits per heavy atom. The molecule has 2 rings (SSSR count). The van der Waals surface area contributed by atoms with Gasteiger partial charge in [-0.3, -0.25) is 5.32 Å². The van der Waals surface area contributed by atoms with Gasteiger partial charge in [0, 0.05) is 12.7 Å². The molecule has 0 unspecified atom stereocenters. The van der Waals surface area contributed by atoms with E-state index in [4.69, 9.17) is 4.74 Å². The molecule has 2 amide bonds. The van der Waals surface area contributed by atoms with Crippen molar-refractivity contribution in [2.45, 2.75) is 6.04 Å². The van der Waals surface area contributed by atoms with E-state index >= 15 is 0 Å². The van der Waals surface area contributed by atoms with Crippen LogP contribution in [0.25, 0.3) is 0 Å². The highest BCUT2D eigenvalue weighted by atomic mass is 16.5. The lowest BCUT2D eigenvalue weighted by molar-refractivity contribution is 0.244. The Bertz CT molecular complexity index is 616. The van der Waals surface area contributed by atoms with Crippen molar-refractivity contribution >= 4 is 11.8 Å². The molecule has 0 aliphatic rings. The number of aromatic nitrogens is 2. The number of hydrogen-bond donors (Lipinski definition) is 2. The number of hydrogen-bond acceptors (Lipinski definition) is 5. The summed E-state index contributed by atoms with van der Waals surface area (Å²) in [5.74, 6) is 1.23. The molecule has 0 aliphatic heterocycles. The minimum absolute atomic E-state index is 0.155. The first-order valence-electron chi connectivity index (χ1n) is 7.20. The van der Waals surface area contributed by atoms with Crippen molar-refractivity contribution in [2.24, 2.45) is 0 Å². The molecule has 7 nitrogen and oxygen atoms in total. The molecule has 1 atom stereocenters. The molecule has 1 heterocycles. The van der Waals surface area contributed by atoms with Crippen LogP contribution >= 0.6 is 0 Å². The Balaban J connectivity index is 2.06. The van der Waals surface area contributed by atoms with Gasteiger partial charge in [0.05, 0.1) is 13.2 Å². The van der Waals surface area contributed by atoms with Gasteiger partial charge in [0.1, 0.15) is 17.9 Å². The number of methoxy groups -OCH3 is 1. The molecule has 0 spiro atoms. The number of rotatable bonds is 6. The van der Waals surface area contributed by atoms with Gasteiger partial charge in [0.2, 0.25) is 0 Å². The summed E-state index contributed by atoms with van der Waals surface area (Å²) in [4.78, 5) is 22.0. The van der Waals surface area contributed by atoms with Gasteiger partial charge in [-0.25, -0.2) is 14.8 Å². The monoisotopic (exact) mass is 315 g/mol. The Kier molecular flexibility index (Phi) is 5.87. The number of ether oxygens (including phenoxy) is 1. The fourth-order valence-corrected chi connectivity index (χ4v) is 2.11. The predicted molar refractivity (Wildman–Crippen MR) is 88.5 cm³/mol. The fraction of sp³-hybridized carbons (Fsp3) is 0.312. The van der Waals surface area contributed by atoms with Crippen molar-refractivity contribution in [3.63, 3.8) is 0 Å². The summed E-state index contributed by atoms with van der Waals surface area (Å²) in [6.07, 6.45) is 2.96. The van der Waals surface area contributed by atoms with Gasteiger partial charge in [-0.1, -0.05) is 12.1 Å². The molecule has 122 valence electrons. The SMILES string of the molecule is COc1ccc([C@H](CN(C)C)NC(=O)Nc2ccncn2)cc1. The van der Waals surface area contributed by atoms with Crippen LogP contribution in [0.5, 0.6) is 5.75 Å². The lowest BCUT2D eigenvalue weighted by Crippen LogP contribution is -2.37. The van der Waals surface area contributed by atoms with Crippen LogP contribution in [0, 0.1) is 0 Å². The molecule has 0 radical (unpaired) electrons. The quantitative estimate of drug-likeness (QED) is 0.851. The van der Waals surface area contributed by atoms with Crippen LogP contribution in [0.4, 0.5) is 10.6 Å². The van der Waals surface area contributed by atoms with E-state index in [0.29, 0.717) is 12.4 Å². The van der Waals surface area contributed by atoms with Crippen molar-refractivity contribution in [1.29, 1.82) is 0 Å². The van der Waals surface area contributed by atoms with Crippen LogP contribution < -0.4 is 15.4 Å². The lowest BCUT2D eigenvalue weighted by atomic mass is 10.1. The number of amides is 2. The number of carbonyl (C=O) groups excluding carboxylic acids is 1. The van der Waals surface area contributed by atoms with Gasteiger partial charge < -0.3 is 15.0 Å². The second kappa shape index (κ2) is 8.09. The van der Waals surface area contributed by atoms with E-state index in [9.17, 15) is 4.79 Å². The first kappa shape index (κ1) is 16.7. The molecule has 0 bridgehead atoms. The van der Waals surface area contributed by atoms with E-state index in [0.717, 1.165) is 11.3 Å². The molecule has 7 heteroatoms. The van der Waals surface area contributed by atoms with Crippen LogP contribution in [-0.2, 0) is 0 Å². The summed E-state index contributed by atoms with van der Waals surface area (Å²) >= 11 is 0. The van der Waals surface area contributed by atoms with Gasteiger partial charge in [-0.15, -0.1) is 0 Å². The van der Waals surface area contributed by atoms with E-state index in [2.05, 4.69) is 20.6 Å². The molecule has 23 heavy (non-hydrogen) atoms. The smallest absolute Gasteiger partial charge is 0.320 e. The van der Waals surface area contributed by atoms with Gasteiger partial charge in [-0.2, -0.15) is 0 Å². The standard InChI is InChI=1S/C16H21N5O2/c1-21(2)10-14(12-4-6-13(23-3)7-5-12)19-16(22)20-15-8-9-17-11-18-15/h4-9,11,14H,10H2,1-3H3,(H2,17,18,19,20,22)/t14-/m0/s1. The highest BCUT2D eigenvalue weighted by Gasteiger charge is 2.16. The van der Waals surface area contributed by atoms with E-state index in [1.807, 2.05) is 43.3 Å². The number of benzene rings is 1. The number of anilines is 1. The van der Waals surface area contributed by atoms with Gasteiger partial charge in [0.25, 0.3) is 0 Å². The minimum Gasteiger partial charge on any atom is -0.497 e. The van der Waals surface area contributed by atoms with Gasteiger partial charge in [0.15, 0.2) is 0 Å². The maximum atomic E-state index is 12.2. The molecule has 1 aromatic carbocycles. The third-order valence-electron chi connectivity index (χ3n) is 3.19. The molecule has 2 aromatic rings. The average molecular weight is 315 g/mol. The normalized spacial score (nSPS) is 11.8.